The van der Waals surface area contributed by atoms with Crippen LogP contribution in [0.1, 0.15) is 53.7 Å². The van der Waals surface area contributed by atoms with Crippen LogP contribution in [0.15, 0.2) is 22.7 Å². The van der Waals surface area contributed by atoms with Gasteiger partial charge in [0.05, 0.1) is 19.8 Å². The maximum atomic E-state index is 13.0. The van der Waals surface area contributed by atoms with Crippen molar-refractivity contribution in [3.63, 3.8) is 0 Å². The van der Waals surface area contributed by atoms with Crippen molar-refractivity contribution < 1.29 is 18.8 Å². The summed E-state index contributed by atoms with van der Waals surface area (Å²) in [7, 11) is 3.16. The molecule has 1 aromatic carbocycles. The number of carbonyl (C=O) groups excluding carboxylic acids is 1. The number of rotatable bonds is 6. The molecule has 7 heteroatoms. The Bertz CT molecular complexity index is 815. The van der Waals surface area contributed by atoms with Crippen molar-refractivity contribution in [2.24, 2.45) is 5.92 Å². The molecule has 144 valence electrons. The summed E-state index contributed by atoms with van der Waals surface area (Å²) in [4.78, 5) is 19.5. The number of aromatic nitrogens is 2. The summed E-state index contributed by atoms with van der Waals surface area (Å²) in [6.07, 6.45) is 5.08. The van der Waals surface area contributed by atoms with Crippen LogP contribution < -0.4 is 9.47 Å². The quantitative estimate of drug-likeness (QED) is 0.777. The van der Waals surface area contributed by atoms with E-state index in [0.29, 0.717) is 41.3 Å². The smallest absolute Gasteiger partial charge is 0.257 e. The summed E-state index contributed by atoms with van der Waals surface area (Å²) in [5.41, 5.74) is 0.563. The molecule has 7 nitrogen and oxygen atoms in total. The van der Waals surface area contributed by atoms with Crippen LogP contribution in [0.5, 0.6) is 11.5 Å². The molecule has 4 rings (SSSR count). The van der Waals surface area contributed by atoms with Crippen LogP contribution in [-0.4, -0.2) is 48.3 Å². The molecule has 1 aliphatic heterocycles. The van der Waals surface area contributed by atoms with E-state index in [0.717, 1.165) is 44.5 Å². The number of piperidine rings is 1. The van der Waals surface area contributed by atoms with Crippen molar-refractivity contribution in [3.8, 4) is 11.5 Å². The number of methoxy groups -OCH3 is 2. The first-order chi connectivity index (χ1) is 13.2. The van der Waals surface area contributed by atoms with Crippen molar-refractivity contribution in [2.75, 3.05) is 27.3 Å². The molecule has 27 heavy (non-hydrogen) atoms. The van der Waals surface area contributed by atoms with Gasteiger partial charge in [0.25, 0.3) is 5.91 Å². The van der Waals surface area contributed by atoms with Crippen LogP contribution in [0.3, 0.4) is 0 Å². The largest absolute Gasteiger partial charge is 0.497 e. The fourth-order valence-corrected chi connectivity index (χ4v) is 3.67. The minimum atomic E-state index is -0.0107. The van der Waals surface area contributed by atoms with Gasteiger partial charge < -0.3 is 18.9 Å². The first kappa shape index (κ1) is 17.8. The fourth-order valence-electron chi connectivity index (χ4n) is 3.67. The summed E-state index contributed by atoms with van der Waals surface area (Å²) in [6.45, 7) is 1.44. The number of likely N-dealkylation sites (tertiary alicyclic amines) is 1. The number of hydrogen-bond acceptors (Lipinski definition) is 6. The Hall–Kier alpha value is -2.57. The van der Waals surface area contributed by atoms with Crippen molar-refractivity contribution in [2.45, 2.75) is 38.0 Å². The molecule has 2 fully saturated rings. The lowest BCUT2D eigenvalue weighted by atomic mass is 9.94. The van der Waals surface area contributed by atoms with E-state index in [4.69, 9.17) is 14.0 Å². The minimum Gasteiger partial charge on any atom is -0.497 e. The van der Waals surface area contributed by atoms with Crippen molar-refractivity contribution >= 4 is 5.91 Å². The highest BCUT2D eigenvalue weighted by Gasteiger charge is 2.31. The molecule has 1 saturated carbocycles. The molecule has 1 atom stereocenters. The lowest BCUT2D eigenvalue weighted by Crippen LogP contribution is -2.40. The third kappa shape index (κ3) is 3.91. The molecular formula is C20H25N3O4. The number of hydrogen-bond donors (Lipinski definition) is 0. The molecule has 0 radical (unpaired) electrons. The van der Waals surface area contributed by atoms with Crippen LogP contribution in [0.25, 0.3) is 0 Å². The highest BCUT2D eigenvalue weighted by atomic mass is 16.5. The lowest BCUT2D eigenvalue weighted by Gasteiger charge is -2.32. The van der Waals surface area contributed by atoms with Gasteiger partial charge in [0.2, 0.25) is 5.89 Å². The van der Waals surface area contributed by atoms with Gasteiger partial charge in [-0.05, 0) is 43.7 Å². The molecule has 1 unspecified atom stereocenters. The van der Waals surface area contributed by atoms with Crippen LogP contribution in [0.2, 0.25) is 0 Å². The van der Waals surface area contributed by atoms with Gasteiger partial charge in [0.1, 0.15) is 11.5 Å². The molecule has 1 amide bonds. The molecule has 2 aromatic rings. The molecular weight excluding hydrogens is 346 g/mol. The fraction of sp³-hybridized carbons (Fsp3) is 0.550. The zero-order valence-corrected chi connectivity index (χ0v) is 15.8. The second-order valence-electron chi connectivity index (χ2n) is 7.35. The molecule has 2 heterocycles. The first-order valence-corrected chi connectivity index (χ1v) is 9.51. The molecule has 1 aliphatic carbocycles. The van der Waals surface area contributed by atoms with Crippen molar-refractivity contribution in [1.82, 2.24) is 15.0 Å². The molecule has 1 saturated heterocycles. The molecule has 0 N–H and O–H groups in total. The zero-order valence-electron chi connectivity index (χ0n) is 15.8. The Kier molecular flexibility index (Phi) is 5.01. The molecule has 2 aliphatic rings. The highest BCUT2D eigenvalue weighted by Crippen LogP contribution is 2.38. The average Bonchev–Trinajstić information content (AvgIpc) is 3.46. The van der Waals surface area contributed by atoms with E-state index in [9.17, 15) is 4.79 Å². The van der Waals surface area contributed by atoms with E-state index in [2.05, 4.69) is 10.1 Å². The Morgan fingerprint density at radius 2 is 2.11 bits per heavy atom. The second kappa shape index (κ2) is 7.58. The van der Waals surface area contributed by atoms with E-state index < -0.39 is 0 Å². The highest BCUT2D eigenvalue weighted by molar-refractivity contribution is 5.97. The minimum absolute atomic E-state index is 0.0107. The lowest BCUT2D eigenvalue weighted by molar-refractivity contribution is 0.0664. The maximum absolute atomic E-state index is 13.0. The first-order valence-electron chi connectivity index (χ1n) is 9.51. The molecule has 0 spiro atoms. The van der Waals surface area contributed by atoms with Gasteiger partial charge in [-0.25, -0.2) is 0 Å². The van der Waals surface area contributed by atoms with Gasteiger partial charge in [-0.1, -0.05) is 5.16 Å². The average molecular weight is 371 g/mol. The Labute approximate surface area is 158 Å². The third-order valence-electron chi connectivity index (χ3n) is 5.33. The summed E-state index contributed by atoms with van der Waals surface area (Å²) < 4.78 is 16.0. The van der Waals surface area contributed by atoms with E-state index in [-0.39, 0.29) is 5.91 Å². The van der Waals surface area contributed by atoms with E-state index >= 15 is 0 Å². The van der Waals surface area contributed by atoms with E-state index in [1.165, 1.54) is 0 Å². The number of ether oxygens (including phenoxy) is 2. The Morgan fingerprint density at radius 3 is 2.85 bits per heavy atom. The normalized spacial score (nSPS) is 19.8. The number of benzene rings is 1. The summed E-state index contributed by atoms with van der Waals surface area (Å²) >= 11 is 0. The van der Waals surface area contributed by atoms with Gasteiger partial charge in [-0.15, -0.1) is 0 Å². The second-order valence-corrected chi connectivity index (χ2v) is 7.35. The summed E-state index contributed by atoms with van der Waals surface area (Å²) in [6, 6.07) is 5.30. The van der Waals surface area contributed by atoms with Gasteiger partial charge in [-0.2, -0.15) is 4.98 Å². The molecule has 1 aromatic heterocycles. The van der Waals surface area contributed by atoms with Crippen LogP contribution in [0.4, 0.5) is 0 Å². The molecule has 0 bridgehead atoms. The van der Waals surface area contributed by atoms with Crippen LogP contribution in [-0.2, 0) is 6.42 Å². The SMILES string of the molecule is COc1ccc(C(=O)N2CCCC(Cc3nc(C4CC4)no3)C2)c(OC)c1. The number of amides is 1. The van der Waals surface area contributed by atoms with Gasteiger partial charge >= 0.3 is 0 Å². The van der Waals surface area contributed by atoms with Gasteiger partial charge in [-0.3, -0.25) is 4.79 Å². The zero-order chi connectivity index (χ0) is 18.8. The van der Waals surface area contributed by atoms with Crippen LogP contribution in [0, 0.1) is 5.92 Å². The Morgan fingerprint density at radius 1 is 1.26 bits per heavy atom. The van der Waals surface area contributed by atoms with Crippen molar-refractivity contribution in [3.05, 3.63) is 35.5 Å². The Balaban J connectivity index is 1.43. The van der Waals surface area contributed by atoms with Gasteiger partial charge in [0, 0.05) is 31.5 Å². The van der Waals surface area contributed by atoms with Gasteiger partial charge in [0.15, 0.2) is 5.82 Å². The topological polar surface area (TPSA) is 77.7 Å². The standard InChI is InChI=1S/C20H25N3O4/c1-25-15-7-8-16(17(11-15)26-2)20(24)23-9-3-4-13(12-23)10-18-21-19(22-27-18)14-5-6-14/h7-8,11,13-14H,3-6,9-10,12H2,1-2H3. The monoisotopic (exact) mass is 371 g/mol. The number of carbonyl (C=O) groups is 1. The van der Waals surface area contributed by atoms with Crippen LogP contribution >= 0.6 is 0 Å². The number of nitrogens with zero attached hydrogens (tertiary/aromatic N) is 3. The van der Waals surface area contributed by atoms with E-state index in [1.54, 1.807) is 32.4 Å². The summed E-state index contributed by atoms with van der Waals surface area (Å²) in [5.74, 6) is 3.56. The summed E-state index contributed by atoms with van der Waals surface area (Å²) in [5, 5.41) is 4.09. The van der Waals surface area contributed by atoms with Crippen molar-refractivity contribution in [1.29, 1.82) is 0 Å². The maximum Gasteiger partial charge on any atom is 0.257 e. The predicted molar refractivity (Wildman–Crippen MR) is 98.2 cm³/mol. The predicted octanol–water partition coefficient (Wildman–Crippen LogP) is 3.06. The third-order valence-corrected chi connectivity index (χ3v) is 5.33. The van der Waals surface area contributed by atoms with E-state index in [1.807, 2.05) is 4.90 Å².